The SMILES string of the molecule is C=O.CCCCCCCN1CCC[C@H]1CO.[U]. The Hall–Kier alpha value is 0.642. The molecule has 0 radical (unpaired) electrons. The molecule has 100 valence electrons. The fourth-order valence-electron chi connectivity index (χ4n) is 2.31. The van der Waals surface area contributed by atoms with Crippen LogP contribution in [0.4, 0.5) is 0 Å². The molecule has 17 heavy (non-hydrogen) atoms. The van der Waals surface area contributed by atoms with Crippen molar-refractivity contribution in [2.75, 3.05) is 19.7 Å². The summed E-state index contributed by atoms with van der Waals surface area (Å²) in [6.07, 6.45) is 9.24. The van der Waals surface area contributed by atoms with E-state index in [1.54, 1.807) is 0 Å². The monoisotopic (exact) mass is 467 g/mol. The number of carbonyl (C=O) groups is 1. The first-order valence-corrected chi connectivity index (χ1v) is 6.52. The van der Waals surface area contributed by atoms with Crippen LogP contribution in [-0.4, -0.2) is 42.5 Å². The summed E-state index contributed by atoms with van der Waals surface area (Å²) in [6, 6.07) is 0.473. The molecule has 4 heteroatoms. The minimum absolute atomic E-state index is 0. The van der Waals surface area contributed by atoms with E-state index in [0.29, 0.717) is 12.6 Å². The van der Waals surface area contributed by atoms with E-state index in [0.717, 1.165) is 0 Å². The van der Waals surface area contributed by atoms with Crippen LogP contribution in [0.25, 0.3) is 0 Å². The zero-order valence-corrected chi connectivity index (χ0v) is 15.3. The predicted octanol–water partition coefficient (Wildman–Crippen LogP) is 2.23. The van der Waals surface area contributed by atoms with Gasteiger partial charge in [-0.05, 0) is 32.4 Å². The maximum atomic E-state index is 9.14. The molecule has 1 aliphatic rings. The molecule has 1 rings (SSSR count). The second kappa shape index (κ2) is 14.7. The number of unbranched alkanes of at least 4 members (excludes halogenated alkanes) is 4. The molecule has 0 spiro atoms. The van der Waals surface area contributed by atoms with Crippen LogP contribution in [0.3, 0.4) is 0 Å². The van der Waals surface area contributed by atoms with E-state index in [-0.39, 0.29) is 31.1 Å². The molecule has 0 aromatic heterocycles. The summed E-state index contributed by atoms with van der Waals surface area (Å²) in [7, 11) is 0. The standard InChI is InChI=1S/C12H25NO.CH2O.U/c1-2-3-4-5-6-9-13-10-7-8-12(13)11-14;1-2;/h12,14H,2-11H2,1H3;1H2;/t12-;;/m0../s1. The Morgan fingerprint density at radius 3 is 2.47 bits per heavy atom. The van der Waals surface area contributed by atoms with E-state index in [1.807, 2.05) is 6.79 Å². The van der Waals surface area contributed by atoms with Crippen molar-refractivity contribution in [3.05, 3.63) is 0 Å². The van der Waals surface area contributed by atoms with Crippen LogP contribution in [0, 0.1) is 31.1 Å². The van der Waals surface area contributed by atoms with E-state index in [4.69, 9.17) is 9.90 Å². The van der Waals surface area contributed by atoms with Crippen LogP contribution in [-0.2, 0) is 4.79 Å². The van der Waals surface area contributed by atoms with Gasteiger partial charge in [-0.25, -0.2) is 0 Å². The molecule has 1 heterocycles. The summed E-state index contributed by atoms with van der Waals surface area (Å²) in [5, 5.41) is 9.14. The zero-order valence-electron chi connectivity index (χ0n) is 11.2. The minimum Gasteiger partial charge on any atom is -0.395 e. The third-order valence-electron chi connectivity index (χ3n) is 3.26. The van der Waals surface area contributed by atoms with Gasteiger partial charge in [-0.15, -0.1) is 0 Å². The molecule has 1 aliphatic heterocycles. The van der Waals surface area contributed by atoms with Crippen LogP contribution in [0.2, 0.25) is 0 Å². The van der Waals surface area contributed by atoms with Crippen molar-refractivity contribution >= 4 is 6.79 Å². The van der Waals surface area contributed by atoms with Crippen LogP contribution in [0.5, 0.6) is 0 Å². The van der Waals surface area contributed by atoms with Gasteiger partial charge >= 0.3 is 0 Å². The number of carbonyl (C=O) groups excluding carboxylic acids is 1. The molecule has 1 N–H and O–H groups in total. The van der Waals surface area contributed by atoms with Crippen molar-refractivity contribution in [3.8, 4) is 0 Å². The van der Waals surface area contributed by atoms with Gasteiger partial charge in [0.15, 0.2) is 0 Å². The third kappa shape index (κ3) is 9.25. The third-order valence-corrected chi connectivity index (χ3v) is 3.26. The molecule has 3 nitrogen and oxygen atoms in total. The number of aliphatic hydroxyl groups excluding tert-OH is 1. The zero-order chi connectivity index (χ0) is 12.2. The second-order valence-corrected chi connectivity index (χ2v) is 4.43. The van der Waals surface area contributed by atoms with E-state index < -0.39 is 0 Å². The van der Waals surface area contributed by atoms with Crippen molar-refractivity contribution < 1.29 is 41.0 Å². The van der Waals surface area contributed by atoms with Crippen LogP contribution in [0.15, 0.2) is 0 Å². The average Bonchev–Trinajstić information content (AvgIpc) is 2.79. The molecule has 0 saturated carbocycles. The van der Waals surface area contributed by atoms with Crippen molar-refractivity contribution in [1.29, 1.82) is 0 Å². The van der Waals surface area contributed by atoms with Crippen LogP contribution < -0.4 is 0 Å². The first-order valence-electron chi connectivity index (χ1n) is 6.52. The van der Waals surface area contributed by atoms with Gasteiger partial charge in [0.25, 0.3) is 0 Å². The van der Waals surface area contributed by atoms with Crippen molar-refractivity contribution in [1.82, 2.24) is 4.90 Å². The van der Waals surface area contributed by atoms with Gasteiger partial charge in [-0.3, -0.25) is 4.90 Å². The number of likely N-dealkylation sites (tertiary alicyclic amines) is 1. The Morgan fingerprint density at radius 1 is 1.24 bits per heavy atom. The van der Waals surface area contributed by atoms with Crippen molar-refractivity contribution in [3.63, 3.8) is 0 Å². The smallest absolute Gasteiger partial charge is 0.106 e. The number of rotatable bonds is 7. The predicted molar refractivity (Wildman–Crippen MR) is 67.6 cm³/mol. The maximum absolute atomic E-state index is 9.14. The summed E-state index contributed by atoms with van der Waals surface area (Å²) in [5.41, 5.74) is 0. The number of nitrogens with zero attached hydrogens (tertiary/aromatic N) is 1. The second-order valence-electron chi connectivity index (χ2n) is 4.43. The largest absolute Gasteiger partial charge is 0.395 e. The number of hydrogen-bond acceptors (Lipinski definition) is 3. The molecule has 1 atom stereocenters. The van der Waals surface area contributed by atoms with Gasteiger partial charge in [-0.2, -0.15) is 0 Å². The van der Waals surface area contributed by atoms with Gasteiger partial charge in [0, 0.05) is 37.2 Å². The van der Waals surface area contributed by atoms with Gasteiger partial charge in [0.2, 0.25) is 0 Å². The van der Waals surface area contributed by atoms with E-state index in [2.05, 4.69) is 11.8 Å². The Bertz CT molecular complexity index is 158. The van der Waals surface area contributed by atoms with Gasteiger partial charge in [0.1, 0.15) is 6.79 Å². The van der Waals surface area contributed by atoms with Gasteiger partial charge < -0.3 is 9.90 Å². The minimum atomic E-state index is 0. The molecular weight excluding hydrogens is 440 g/mol. The van der Waals surface area contributed by atoms with Crippen LogP contribution >= 0.6 is 0 Å². The van der Waals surface area contributed by atoms with E-state index >= 15 is 0 Å². The summed E-state index contributed by atoms with van der Waals surface area (Å²) >= 11 is 0. The quantitative estimate of drug-likeness (QED) is 0.584. The maximum Gasteiger partial charge on any atom is 0.106 e. The Morgan fingerprint density at radius 2 is 1.88 bits per heavy atom. The topological polar surface area (TPSA) is 40.5 Å². The molecule has 0 aliphatic carbocycles. The molecular formula is C13H27NO2U. The Balaban J connectivity index is 0. The first kappa shape index (κ1) is 20.0. The molecule has 0 unspecified atom stereocenters. The summed E-state index contributed by atoms with van der Waals surface area (Å²) in [5.74, 6) is 0. The van der Waals surface area contributed by atoms with Crippen molar-refractivity contribution in [2.45, 2.75) is 57.9 Å². The molecule has 0 bridgehead atoms. The fourth-order valence-corrected chi connectivity index (χ4v) is 2.31. The fraction of sp³-hybridized carbons (Fsp3) is 0.923. The normalized spacial score (nSPS) is 19.3. The van der Waals surface area contributed by atoms with E-state index in [1.165, 1.54) is 58.0 Å². The number of hydrogen-bond donors (Lipinski definition) is 1. The molecule has 1 fully saturated rings. The number of aliphatic hydroxyl groups is 1. The summed E-state index contributed by atoms with van der Waals surface area (Å²) in [6.45, 7) is 7.02. The van der Waals surface area contributed by atoms with E-state index in [9.17, 15) is 0 Å². The molecule has 0 aromatic rings. The Kier molecular flexibility index (Phi) is 17.3. The Labute approximate surface area is 130 Å². The first-order chi connectivity index (χ1) is 7.88. The van der Waals surface area contributed by atoms with Gasteiger partial charge in [0.05, 0.1) is 6.61 Å². The van der Waals surface area contributed by atoms with Crippen LogP contribution in [0.1, 0.15) is 51.9 Å². The van der Waals surface area contributed by atoms with Crippen molar-refractivity contribution in [2.24, 2.45) is 0 Å². The molecule has 0 aromatic carbocycles. The average molecular weight is 467 g/mol. The van der Waals surface area contributed by atoms with Gasteiger partial charge in [-0.1, -0.05) is 32.6 Å². The molecule has 0 amide bonds. The molecule has 1 saturated heterocycles. The summed E-state index contributed by atoms with van der Waals surface area (Å²) in [4.78, 5) is 10.5. The summed E-state index contributed by atoms with van der Waals surface area (Å²) < 4.78 is 0.